The quantitative estimate of drug-likeness (QED) is 0.840. The zero-order valence-corrected chi connectivity index (χ0v) is 15.0. The molecule has 0 N–H and O–H groups in total. The third kappa shape index (κ3) is 5.01. The van der Waals surface area contributed by atoms with Crippen LogP contribution in [0.4, 0.5) is 14.9 Å². The SMILES string of the molecule is CCCOc1ccc(N2CCN(C(=O)OC(C)(C)C)CC2)c(F)c1. The minimum atomic E-state index is -0.505. The summed E-state index contributed by atoms with van der Waals surface area (Å²) in [5.74, 6) is 0.250. The lowest BCUT2D eigenvalue weighted by atomic mass is 10.2. The summed E-state index contributed by atoms with van der Waals surface area (Å²) >= 11 is 0. The Bertz CT molecular complexity index is 564. The molecule has 6 heteroatoms. The number of amides is 1. The van der Waals surface area contributed by atoms with Gasteiger partial charge >= 0.3 is 6.09 Å². The summed E-state index contributed by atoms with van der Waals surface area (Å²) in [6, 6.07) is 4.95. The van der Waals surface area contributed by atoms with Gasteiger partial charge in [0.25, 0.3) is 0 Å². The molecule has 5 nitrogen and oxygen atoms in total. The number of rotatable bonds is 4. The number of anilines is 1. The molecule has 1 aromatic rings. The van der Waals surface area contributed by atoms with Crippen molar-refractivity contribution in [3.63, 3.8) is 0 Å². The monoisotopic (exact) mass is 338 g/mol. The van der Waals surface area contributed by atoms with Gasteiger partial charge in [0, 0.05) is 32.2 Å². The molecule has 1 fully saturated rings. The fourth-order valence-electron chi connectivity index (χ4n) is 2.51. The summed E-state index contributed by atoms with van der Waals surface area (Å²) in [5, 5.41) is 0. The minimum absolute atomic E-state index is 0.297. The largest absolute Gasteiger partial charge is 0.493 e. The zero-order valence-electron chi connectivity index (χ0n) is 15.0. The molecule has 24 heavy (non-hydrogen) atoms. The Hall–Kier alpha value is -1.98. The summed E-state index contributed by atoms with van der Waals surface area (Å²) in [6.45, 7) is 10.3. The fraction of sp³-hybridized carbons (Fsp3) is 0.611. The molecule has 1 amide bonds. The van der Waals surface area contributed by atoms with Gasteiger partial charge in [-0.25, -0.2) is 9.18 Å². The van der Waals surface area contributed by atoms with Crippen molar-refractivity contribution in [2.24, 2.45) is 0 Å². The van der Waals surface area contributed by atoms with Crippen molar-refractivity contribution < 1.29 is 18.7 Å². The van der Waals surface area contributed by atoms with E-state index < -0.39 is 5.60 Å². The molecule has 134 valence electrons. The first-order valence-electron chi connectivity index (χ1n) is 8.45. The lowest BCUT2D eigenvalue weighted by molar-refractivity contribution is 0.0240. The van der Waals surface area contributed by atoms with Crippen molar-refractivity contribution in [2.75, 3.05) is 37.7 Å². The van der Waals surface area contributed by atoms with Gasteiger partial charge in [-0.3, -0.25) is 0 Å². The molecule has 1 aromatic carbocycles. The second kappa shape index (κ2) is 7.73. The summed E-state index contributed by atoms with van der Waals surface area (Å²) < 4.78 is 25.1. The van der Waals surface area contributed by atoms with Gasteiger partial charge in [-0.2, -0.15) is 0 Å². The van der Waals surface area contributed by atoms with Crippen LogP contribution in [0.1, 0.15) is 34.1 Å². The van der Waals surface area contributed by atoms with Gasteiger partial charge in [-0.15, -0.1) is 0 Å². The molecule has 1 heterocycles. The predicted molar refractivity (Wildman–Crippen MR) is 92.2 cm³/mol. The zero-order chi connectivity index (χ0) is 17.7. The number of ether oxygens (including phenoxy) is 2. The summed E-state index contributed by atoms with van der Waals surface area (Å²) in [5.41, 5.74) is 0.0388. The first-order valence-corrected chi connectivity index (χ1v) is 8.45. The third-order valence-corrected chi connectivity index (χ3v) is 3.66. The highest BCUT2D eigenvalue weighted by Gasteiger charge is 2.26. The van der Waals surface area contributed by atoms with Crippen LogP contribution in [-0.4, -0.2) is 49.4 Å². The van der Waals surface area contributed by atoms with Gasteiger partial charge in [-0.1, -0.05) is 6.92 Å². The average Bonchev–Trinajstić information content (AvgIpc) is 2.51. The number of carbonyl (C=O) groups is 1. The summed E-state index contributed by atoms with van der Waals surface area (Å²) in [7, 11) is 0. The minimum Gasteiger partial charge on any atom is -0.493 e. The number of halogens is 1. The van der Waals surface area contributed by atoms with Gasteiger partial charge in [0.1, 0.15) is 17.2 Å². The molecule has 1 saturated heterocycles. The average molecular weight is 338 g/mol. The van der Waals surface area contributed by atoms with Crippen LogP contribution in [0.25, 0.3) is 0 Å². The molecule has 0 aromatic heterocycles. The van der Waals surface area contributed by atoms with Crippen LogP contribution >= 0.6 is 0 Å². The van der Waals surface area contributed by atoms with E-state index in [1.807, 2.05) is 32.6 Å². The molecule has 0 spiro atoms. The van der Waals surface area contributed by atoms with E-state index in [4.69, 9.17) is 9.47 Å². The Morgan fingerprint density at radius 3 is 2.42 bits per heavy atom. The Morgan fingerprint density at radius 2 is 1.88 bits per heavy atom. The van der Waals surface area contributed by atoms with Gasteiger partial charge in [0.05, 0.1) is 12.3 Å². The number of hydrogen-bond acceptors (Lipinski definition) is 4. The van der Waals surface area contributed by atoms with E-state index in [0.29, 0.717) is 44.2 Å². The Labute approximate surface area is 143 Å². The molecule has 0 bridgehead atoms. The van der Waals surface area contributed by atoms with Gasteiger partial charge in [0.15, 0.2) is 0 Å². The molecular formula is C18H27FN2O3. The first-order chi connectivity index (χ1) is 11.3. The van der Waals surface area contributed by atoms with E-state index in [1.165, 1.54) is 6.07 Å². The van der Waals surface area contributed by atoms with Crippen LogP contribution in [0, 0.1) is 5.82 Å². The topological polar surface area (TPSA) is 42.0 Å². The number of carbonyl (C=O) groups excluding carboxylic acids is 1. The third-order valence-electron chi connectivity index (χ3n) is 3.66. The van der Waals surface area contributed by atoms with Crippen molar-refractivity contribution in [1.82, 2.24) is 4.90 Å². The molecule has 0 saturated carbocycles. The molecule has 1 aliphatic rings. The van der Waals surface area contributed by atoms with E-state index in [9.17, 15) is 9.18 Å². The van der Waals surface area contributed by atoms with Crippen molar-refractivity contribution >= 4 is 11.8 Å². The van der Waals surface area contributed by atoms with Crippen molar-refractivity contribution in [1.29, 1.82) is 0 Å². The summed E-state index contributed by atoms with van der Waals surface area (Å²) in [6.07, 6.45) is 0.571. The van der Waals surface area contributed by atoms with Crippen LogP contribution in [0.5, 0.6) is 5.75 Å². The molecule has 0 unspecified atom stereocenters. The Balaban J connectivity index is 1.93. The number of benzene rings is 1. The van der Waals surface area contributed by atoms with E-state index in [2.05, 4.69) is 0 Å². The number of hydrogen-bond donors (Lipinski definition) is 0. The Kier molecular flexibility index (Phi) is 5.91. The maximum atomic E-state index is 14.3. The standard InChI is InChI=1S/C18H27FN2O3/c1-5-12-23-14-6-7-16(15(19)13-14)20-8-10-21(11-9-20)17(22)24-18(2,3)4/h6-7,13H,5,8-12H2,1-4H3. The lowest BCUT2D eigenvalue weighted by Crippen LogP contribution is -2.50. The predicted octanol–water partition coefficient (Wildman–Crippen LogP) is 3.67. The van der Waals surface area contributed by atoms with E-state index in [-0.39, 0.29) is 11.9 Å². The highest BCUT2D eigenvalue weighted by atomic mass is 19.1. The van der Waals surface area contributed by atoms with Crippen LogP contribution in [-0.2, 0) is 4.74 Å². The second-order valence-electron chi connectivity index (χ2n) is 6.92. The molecular weight excluding hydrogens is 311 g/mol. The molecule has 0 aliphatic carbocycles. The van der Waals surface area contributed by atoms with Gasteiger partial charge in [0.2, 0.25) is 0 Å². The molecule has 1 aliphatic heterocycles. The normalized spacial score (nSPS) is 15.4. The Morgan fingerprint density at radius 1 is 1.21 bits per heavy atom. The van der Waals surface area contributed by atoms with Crippen LogP contribution in [0.3, 0.4) is 0 Å². The molecule has 2 rings (SSSR count). The van der Waals surface area contributed by atoms with Crippen molar-refractivity contribution in [3.05, 3.63) is 24.0 Å². The van der Waals surface area contributed by atoms with Crippen LogP contribution in [0.2, 0.25) is 0 Å². The maximum absolute atomic E-state index is 14.3. The highest BCUT2D eigenvalue weighted by molar-refractivity contribution is 5.68. The molecule has 0 radical (unpaired) electrons. The summed E-state index contributed by atoms with van der Waals surface area (Å²) in [4.78, 5) is 15.7. The number of piperazine rings is 1. The lowest BCUT2D eigenvalue weighted by Gasteiger charge is -2.36. The highest BCUT2D eigenvalue weighted by Crippen LogP contribution is 2.25. The van der Waals surface area contributed by atoms with Crippen LogP contribution in [0.15, 0.2) is 18.2 Å². The first kappa shape index (κ1) is 18.4. The van der Waals surface area contributed by atoms with Gasteiger partial charge in [-0.05, 0) is 39.3 Å². The van der Waals surface area contributed by atoms with Crippen LogP contribution < -0.4 is 9.64 Å². The van der Waals surface area contributed by atoms with Crippen molar-refractivity contribution in [3.8, 4) is 5.75 Å². The molecule has 0 atom stereocenters. The second-order valence-corrected chi connectivity index (χ2v) is 6.92. The fourth-order valence-corrected chi connectivity index (χ4v) is 2.51. The van der Waals surface area contributed by atoms with E-state index in [0.717, 1.165) is 6.42 Å². The van der Waals surface area contributed by atoms with E-state index >= 15 is 0 Å². The smallest absolute Gasteiger partial charge is 0.410 e. The van der Waals surface area contributed by atoms with Gasteiger partial charge < -0.3 is 19.3 Å². The van der Waals surface area contributed by atoms with E-state index in [1.54, 1.807) is 17.0 Å². The maximum Gasteiger partial charge on any atom is 0.410 e. The van der Waals surface area contributed by atoms with Crippen molar-refractivity contribution in [2.45, 2.75) is 39.7 Å². The number of nitrogens with zero attached hydrogens (tertiary/aromatic N) is 2.